The first-order chi connectivity index (χ1) is 10.1. The van der Waals surface area contributed by atoms with Crippen molar-refractivity contribution in [2.24, 2.45) is 5.92 Å². The number of rotatable bonds is 8. The maximum absolute atomic E-state index is 9.85. The molecule has 5 heteroatoms. The molecule has 124 valence electrons. The van der Waals surface area contributed by atoms with Crippen molar-refractivity contribution in [1.29, 1.82) is 5.26 Å². The van der Waals surface area contributed by atoms with Gasteiger partial charge in [0.1, 0.15) is 0 Å². The Morgan fingerprint density at radius 1 is 1.23 bits per heavy atom. The van der Waals surface area contributed by atoms with Crippen LogP contribution in [0.5, 0.6) is 11.5 Å². The standard InChI is InChI=1S/C17H26N2O2.ClH/c1-13(2)17(12-18,9-6-10-19-3)14-7-8-15(20-4)16(11-14)21-5;/h7-8,11,13,19H,6,9-10H2,1-5H3;1H/t17-;/m0./s1. The van der Waals surface area contributed by atoms with E-state index >= 15 is 0 Å². The summed E-state index contributed by atoms with van der Waals surface area (Å²) in [7, 11) is 5.16. The van der Waals surface area contributed by atoms with Crippen LogP contribution in [0.4, 0.5) is 0 Å². The van der Waals surface area contributed by atoms with Gasteiger partial charge in [-0.2, -0.15) is 5.26 Å². The lowest BCUT2D eigenvalue weighted by atomic mass is 9.70. The van der Waals surface area contributed by atoms with Gasteiger partial charge in [-0.05, 0) is 50.0 Å². The molecule has 0 unspecified atom stereocenters. The SMILES string of the molecule is CNCCC[C@@](C#N)(c1ccc(OC)c(OC)c1)C(C)C.Cl. The molecular formula is C17H27ClN2O2. The van der Waals surface area contributed by atoms with Gasteiger partial charge in [-0.3, -0.25) is 0 Å². The molecule has 0 saturated carbocycles. The van der Waals surface area contributed by atoms with E-state index in [1.165, 1.54) is 0 Å². The monoisotopic (exact) mass is 326 g/mol. The van der Waals surface area contributed by atoms with Crippen LogP contribution in [0, 0.1) is 17.2 Å². The predicted octanol–water partition coefficient (Wildman–Crippen LogP) is 3.54. The summed E-state index contributed by atoms with van der Waals surface area (Å²) in [6.07, 6.45) is 1.77. The lowest BCUT2D eigenvalue weighted by Gasteiger charge is -2.32. The van der Waals surface area contributed by atoms with E-state index in [1.54, 1.807) is 14.2 Å². The molecule has 0 aliphatic heterocycles. The zero-order valence-corrected chi connectivity index (χ0v) is 14.9. The van der Waals surface area contributed by atoms with Gasteiger partial charge in [0.05, 0.1) is 25.7 Å². The average molecular weight is 327 g/mol. The average Bonchev–Trinajstić information content (AvgIpc) is 2.51. The maximum atomic E-state index is 9.85. The van der Waals surface area contributed by atoms with Gasteiger partial charge >= 0.3 is 0 Å². The number of nitriles is 1. The maximum Gasteiger partial charge on any atom is 0.161 e. The second-order valence-corrected chi connectivity index (χ2v) is 5.51. The molecule has 0 bridgehead atoms. The number of hydrogen-bond acceptors (Lipinski definition) is 4. The summed E-state index contributed by atoms with van der Waals surface area (Å²) in [5.41, 5.74) is 0.491. The van der Waals surface area contributed by atoms with Crippen LogP contribution in [0.2, 0.25) is 0 Å². The number of ether oxygens (including phenoxy) is 2. The molecule has 0 aliphatic rings. The van der Waals surface area contributed by atoms with Crippen molar-refractivity contribution in [2.75, 3.05) is 27.8 Å². The molecule has 4 nitrogen and oxygen atoms in total. The molecule has 22 heavy (non-hydrogen) atoms. The Morgan fingerprint density at radius 2 is 1.86 bits per heavy atom. The molecule has 0 spiro atoms. The lowest BCUT2D eigenvalue weighted by Crippen LogP contribution is -2.31. The van der Waals surface area contributed by atoms with Crippen LogP contribution in [0.15, 0.2) is 18.2 Å². The quantitative estimate of drug-likeness (QED) is 0.742. The van der Waals surface area contributed by atoms with Crippen molar-refractivity contribution in [3.05, 3.63) is 23.8 Å². The second-order valence-electron chi connectivity index (χ2n) is 5.51. The molecule has 1 rings (SSSR count). The van der Waals surface area contributed by atoms with Gasteiger partial charge in [0.2, 0.25) is 0 Å². The Hall–Kier alpha value is -1.44. The zero-order chi connectivity index (χ0) is 15.9. The first-order valence-corrected chi connectivity index (χ1v) is 7.34. The van der Waals surface area contributed by atoms with Crippen LogP contribution in [-0.4, -0.2) is 27.8 Å². The van der Waals surface area contributed by atoms with Crippen LogP contribution >= 0.6 is 12.4 Å². The van der Waals surface area contributed by atoms with Crippen molar-refractivity contribution >= 4 is 12.4 Å². The first-order valence-electron chi connectivity index (χ1n) is 7.34. The third-order valence-electron chi connectivity index (χ3n) is 4.08. The van der Waals surface area contributed by atoms with Gasteiger partial charge < -0.3 is 14.8 Å². The Labute approximate surface area is 140 Å². The normalized spacial score (nSPS) is 13.0. The van der Waals surface area contributed by atoms with E-state index < -0.39 is 5.41 Å². The van der Waals surface area contributed by atoms with Gasteiger partial charge in [-0.15, -0.1) is 12.4 Å². The molecule has 0 aromatic heterocycles. The minimum Gasteiger partial charge on any atom is -0.493 e. The highest BCUT2D eigenvalue weighted by Crippen LogP contribution is 2.40. The van der Waals surface area contributed by atoms with Gasteiger partial charge in [-0.1, -0.05) is 19.9 Å². The molecule has 0 heterocycles. The smallest absolute Gasteiger partial charge is 0.161 e. The fourth-order valence-electron chi connectivity index (χ4n) is 2.67. The predicted molar refractivity (Wildman–Crippen MR) is 92.1 cm³/mol. The van der Waals surface area contributed by atoms with E-state index in [2.05, 4.69) is 25.2 Å². The Morgan fingerprint density at radius 3 is 2.32 bits per heavy atom. The third-order valence-corrected chi connectivity index (χ3v) is 4.08. The first kappa shape index (κ1) is 20.6. The highest BCUT2D eigenvalue weighted by Gasteiger charge is 2.36. The van der Waals surface area contributed by atoms with Crippen LogP contribution in [0.1, 0.15) is 32.3 Å². The number of halogens is 1. The molecule has 0 aliphatic carbocycles. The van der Waals surface area contributed by atoms with Crippen molar-refractivity contribution in [3.8, 4) is 17.6 Å². The van der Waals surface area contributed by atoms with Crippen molar-refractivity contribution < 1.29 is 9.47 Å². The fraction of sp³-hybridized carbons (Fsp3) is 0.588. The molecule has 0 amide bonds. The summed E-state index contributed by atoms with van der Waals surface area (Å²) >= 11 is 0. The minimum atomic E-state index is -0.504. The summed E-state index contributed by atoms with van der Waals surface area (Å²) < 4.78 is 10.7. The molecule has 1 aromatic carbocycles. The minimum absolute atomic E-state index is 0. The number of nitrogens with one attached hydrogen (secondary N) is 1. The van der Waals surface area contributed by atoms with E-state index in [-0.39, 0.29) is 18.3 Å². The molecular weight excluding hydrogens is 300 g/mol. The summed E-state index contributed by atoms with van der Waals surface area (Å²) in [5, 5.41) is 13.0. The van der Waals surface area contributed by atoms with Gasteiger partial charge in [-0.25, -0.2) is 0 Å². The van der Waals surface area contributed by atoms with Crippen LogP contribution in [-0.2, 0) is 5.41 Å². The van der Waals surface area contributed by atoms with Crippen molar-refractivity contribution in [3.63, 3.8) is 0 Å². The van der Waals surface area contributed by atoms with Gasteiger partial charge in [0, 0.05) is 0 Å². The number of hydrogen-bond donors (Lipinski definition) is 1. The third kappa shape index (κ3) is 4.28. The van der Waals surface area contributed by atoms with Crippen LogP contribution in [0.25, 0.3) is 0 Å². The summed E-state index contributed by atoms with van der Waals surface area (Å²) in [6, 6.07) is 8.34. The van der Waals surface area contributed by atoms with Gasteiger partial charge in [0.25, 0.3) is 0 Å². The molecule has 1 atom stereocenters. The number of benzene rings is 1. The highest BCUT2D eigenvalue weighted by molar-refractivity contribution is 5.85. The molecule has 0 radical (unpaired) electrons. The molecule has 1 aromatic rings. The fourth-order valence-corrected chi connectivity index (χ4v) is 2.67. The van der Waals surface area contributed by atoms with Crippen LogP contribution in [0.3, 0.4) is 0 Å². The molecule has 1 N–H and O–H groups in total. The highest BCUT2D eigenvalue weighted by atomic mass is 35.5. The van der Waals surface area contributed by atoms with E-state index in [0.29, 0.717) is 11.5 Å². The Balaban J connectivity index is 0.00000441. The molecule has 0 saturated heterocycles. The lowest BCUT2D eigenvalue weighted by molar-refractivity contribution is 0.341. The largest absolute Gasteiger partial charge is 0.493 e. The van der Waals surface area contributed by atoms with Crippen molar-refractivity contribution in [2.45, 2.75) is 32.1 Å². The zero-order valence-electron chi connectivity index (χ0n) is 14.1. The van der Waals surface area contributed by atoms with Crippen LogP contribution < -0.4 is 14.8 Å². The molecule has 0 fully saturated rings. The Bertz CT molecular complexity index is 500. The Kier molecular flexibility index (Phi) is 8.93. The summed E-state index contributed by atoms with van der Waals surface area (Å²) in [5.74, 6) is 1.58. The summed E-state index contributed by atoms with van der Waals surface area (Å²) in [6.45, 7) is 5.10. The van der Waals surface area contributed by atoms with Crippen molar-refractivity contribution in [1.82, 2.24) is 5.32 Å². The van der Waals surface area contributed by atoms with E-state index in [1.807, 2.05) is 25.2 Å². The topological polar surface area (TPSA) is 54.3 Å². The van der Waals surface area contributed by atoms with E-state index in [0.717, 1.165) is 24.9 Å². The second kappa shape index (κ2) is 9.55. The number of nitrogens with zero attached hydrogens (tertiary/aromatic N) is 1. The van der Waals surface area contributed by atoms with Gasteiger partial charge in [0.15, 0.2) is 11.5 Å². The van der Waals surface area contributed by atoms with E-state index in [4.69, 9.17) is 9.47 Å². The van der Waals surface area contributed by atoms with E-state index in [9.17, 15) is 5.26 Å². The summed E-state index contributed by atoms with van der Waals surface area (Å²) in [4.78, 5) is 0. The number of methoxy groups -OCH3 is 2.